The van der Waals surface area contributed by atoms with Crippen LogP contribution in [0.1, 0.15) is 46.0 Å². The first-order valence-corrected chi connectivity index (χ1v) is 15.4. The monoisotopic (exact) mass is 637 g/mol. The molecule has 4 N–H and O–H groups in total. The van der Waals surface area contributed by atoms with Crippen LogP contribution in [0.3, 0.4) is 0 Å². The first kappa shape index (κ1) is 39.5. The van der Waals surface area contributed by atoms with Crippen LogP contribution in [0.15, 0.2) is 47.7 Å². The zero-order chi connectivity index (χ0) is 30.9. The van der Waals surface area contributed by atoms with Gasteiger partial charge < -0.3 is 49.0 Å². The zero-order valence-electron chi connectivity index (χ0n) is 26.6. The predicted molar refractivity (Wildman–Crippen MR) is 177 cm³/mol. The van der Waals surface area contributed by atoms with E-state index in [9.17, 15) is 9.59 Å². The molecule has 2 amide bonds. The Morgan fingerprint density at radius 1 is 1.02 bits per heavy atom. The van der Waals surface area contributed by atoms with Crippen LogP contribution in [0.2, 0.25) is 0 Å². The number of aliphatic imine (C=N–C) groups is 1. The number of primary amides is 1. The fraction of sp³-hybridized carbons (Fsp3) is 0.548. The largest absolute Gasteiger partial charge is 1.00 e. The first-order valence-electron chi connectivity index (χ1n) is 15.0. The summed E-state index contributed by atoms with van der Waals surface area (Å²) in [5.41, 5.74) is 7.25. The Balaban J connectivity index is 0.000000600. The summed E-state index contributed by atoms with van der Waals surface area (Å²) in [6, 6.07) is 8.80. The van der Waals surface area contributed by atoms with Gasteiger partial charge in [-0.3, -0.25) is 14.0 Å². The summed E-state index contributed by atoms with van der Waals surface area (Å²) in [5, 5.41) is 5.97. The molecule has 10 nitrogen and oxygen atoms in total. The fourth-order valence-corrected chi connectivity index (χ4v) is 5.31. The Labute approximate surface area is 307 Å². The number of nitrogens with one attached hydrogen (secondary N) is 2. The Morgan fingerprint density at radius 2 is 1.60 bits per heavy atom. The number of piperidine rings is 2. The van der Waals surface area contributed by atoms with Gasteiger partial charge in [-0.15, -0.1) is 0 Å². The molecule has 4 rings (SSSR count). The first-order chi connectivity index (χ1) is 20.3. The Hall–Kier alpha value is -1.51. The molecule has 1 aromatic rings. The molecule has 0 spiro atoms. The van der Waals surface area contributed by atoms with E-state index in [1.54, 1.807) is 7.05 Å². The minimum atomic E-state index is -0.677. The van der Waals surface area contributed by atoms with Crippen molar-refractivity contribution in [2.45, 2.75) is 52.0 Å². The number of amidine groups is 1. The van der Waals surface area contributed by atoms with Crippen molar-refractivity contribution in [3.63, 3.8) is 0 Å². The molecule has 0 atom stereocenters. The summed E-state index contributed by atoms with van der Waals surface area (Å²) in [4.78, 5) is 33.0. The number of benzene rings is 1. The smallest absolute Gasteiger partial charge is 0.396 e. The number of hydrogen-bond donors (Lipinski definition) is 4. The van der Waals surface area contributed by atoms with Gasteiger partial charge in [0.2, 0.25) is 5.91 Å². The molecule has 0 unspecified atom stereocenters. The van der Waals surface area contributed by atoms with E-state index in [2.05, 4.69) is 74.3 Å². The van der Waals surface area contributed by atoms with Crippen LogP contribution in [0, 0.1) is 13.0 Å². The van der Waals surface area contributed by atoms with E-state index < -0.39 is 5.91 Å². The fourth-order valence-electron chi connectivity index (χ4n) is 5.13. The molecule has 234 valence electrons. The number of thiol groups is 1. The van der Waals surface area contributed by atoms with Crippen molar-refractivity contribution in [3.8, 4) is 0 Å². The number of nitrogens with zero attached hydrogens (tertiary/aromatic N) is 5. The summed E-state index contributed by atoms with van der Waals surface area (Å²) in [6.07, 6.45) is 9.82. The van der Waals surface area contributed by atoms with Crippen LogP contribution in [-0.4, -0.2) is 97.2 Å². The average Bonchev–Trinajstić information content (AvgIpc) is 3.03. The number of rotatable bonds is 7. The summed E-state index contributed by atoms with van der Waals surface area (Å²) < 4.78 is 2.10. The van der Waals surface area contributed by atoms with Gasteiger partial charge in [0.1, 0.15) is 0 Å². The van der Waals surface area contributed by atoms with Crippen molar-refractivity contribution in [2.75, 3.05) is 69.6 Å². The second kappa shape index (κ2) is 22.1. The standard InChI is InChI=1S/C21H31N7OS.C8H13NO.C2H6.K/c1-16(23-2)24-21(15-20(22)29)25-17-3-5-18(6-4-17)26-9-7-19(8-10-26)27-11-13-28(30)14-12-27;1-2-8(10)9-6-4-3-5-7-9;1-2;/h3-6,19,25,30H,1,7-14H2,2H3,(H2,22,29)(H,23,24);2H,1,3-7H2;1-2H3;/q-2;;;+1. The molecule has 0 aliphatic carbocycles. The van der Waals surface area contributed by atoms with E-state index in [0.717, 1.165) is 70.9 Å². The number of carbonyl (C=O) groups excluding carboxylic acids is 2. The van der Waals surface area contributed by atoms with E-state index in [0.29, 0.717) is 17.7 Å². The summed E-state index contributed by atoms with van der Waals surface area (Å²) in [6.45, 7) is 19.4. The molecule has 43 heavy (non-hydrogen) atoms. The van der Waals surface area contributed by atoms with Crippen LogP contribution in [0.4, 0.5) is 11.4 Å². The molecule has 0 saturated carbocycles. The van der Waals surface area contributed by atoms with Crippen LogP contribution in [0.5, 0.6) is 0 Å². The number of likely N-dealkylation sites (tertiary alicyclic amines) is 1. The SMILES string of the molecule is C=CC(=O)N1CCCCC1.CC.[CH2-]C(=NC)NC(=[C-]C(N)=O)Nc1ccc(N2CCC(N3CCN(S)CC3)CC2)cc1.[K+]. The normalized spacial score (nSPS) is 18.6. The van der Waals surface area contributed by atoms with Gasteiger partial charge in [-0.1, -0.05) is 39.1 Å². The average molecular weight is 638 g/mol. The third-order valence-corrected chi connectivity index (χ3v) is 7.80. The van der Waals surface area contributed by atoms with E-state index in [1.165, 1.54) is 31.0 Å². The van der Waals surface area contributed by atoms with Crippen LogP contribution >= 0.6 is 12.8 Å². The molecule has 0 bridgehead atoms. The number of hydrogen-bond acceptors (Lipinski definition) is 8. The minimum Gasteiger partial charge on any atom is -0.396 e. The topological polar surface area (TPSA) is 110 Å². The Bertz CT molecular complexity index is 1030. The third kappa shape index (κ3) is 14.4. The maximum Gasteiger partial charge on any atom is 1.00 e. The van der Waals surface area contributed by atoms with Crippen molar-refractivity contribution in [1.82, 2.24) is 19.4 Å². The molecule has 0 aromatic heterocycles. The van der Waals surface area contributed by atoms with Crippen molar-refractivity contribution in [3.05, 3.63) is 55.7 Å². The van der Waals surface area contributed by atoms with Crippen molar-refractivity contribution >= 4 is 41.8 Å². The molecule has 3 fully saturated rings. The van der Waals surface area contributed by atoms with Gasteiger partial charge >= 0.3 is 51.4 Å². The van der Waals surface area contributed by atoms with Crippen LogP contribution in [-0.2, 0) is 9.59 Å². The molecule has 3 heterocycles. The second-order valence-electron chi connectivity index (χ2n) is 10.1. The number of anilines is 2. The molecular weight excluding hydrogens is 588 g/mol. The van der Waals surface area contributed by atoms with Crippen molar-refractivity contribution < 1.29 is 61.0 Å². The second-order valence-corrected chi connectivity index (χ2v) is 10.7. The molecule has 3 saturated heterocycles. The molecule has 12 heteroatoms. The number of amides is 2. The molecule has 1 aromatic carbocycles. The van der Waals surface area contributed by atoms with Gasteiger partial charge in [-0.25, -0.2) is 0 Å². The number of carbonyl (C=O) groups is 2. The predicted octanol–water partition coefficient (Wildman–Crippen LogP) is 0.327. The molecular formula is C31H50KN8O2S-. The van der Waals surface area contributed by atoms with Gasteiger partial charge in [-0.2, -0.15) is 0 Å². The summed E-state index contributed by atoms with van der Waals surface area (Å²) in [5.74, 6) is 0.123. The zero-order valence-corrected chi connectivity index (χ0v) is 30.7. The Kier molecular flexibility index (Phi) is 20.3. The Morgan fingerprint density at radius 3 is 2.12 bits per heavy atom. The molecule has 3 aliphatic heterocycles. The van der Waals surface area contributed by atoms with Gasteiger partial charge in [0.15, 0.2) is 0 Å². The maximum absolute atomic E-state index is 11.2. The van der Waals surface area contributed by atoms with E-state index >= 15 is 0 Å². The quantitative estimate of drug-likeness (QED) is 0.0853. The molecule has 3 aliphatic rings. The van der Waals surface area contributed by atoms with Gasteiger partial charge in [0.05, 0.1) is 5.91 Å². The van der Waals surface area contributed by atoms with Crippen LogP contribution in [0.25, 0.3) is 0 Å². The number of nitrogens with two attached hydrogens (primary N) is 1. The van der Waals surface area contributed by atoms with Gasteiger partial charge in [0.25, 0.3) is 0 Å². The molecule has 0 radical (unpaired) electrons. The van der Waals surface area contributed by atoms with E-state index in [1.807, 2.05) is 30.9 Å². The van der Waals surface area contributed by atoms with Gasteiger partial charge in [0, 0.05) is 76.8 Å². The minimum absolute atomic E-state index is 0. The summed E-state index contributed by atoms with van der Waals surface area (Å²) in [7, 11) is 1.61. The van der Waals surface area contributed by atoms with E-state index in [-0.39, 0.29) is 57.3 Å². The van der Waals surface area contributed by atoms with Crippen molar-refractivity contribution in [1.29, 1.82) is 0 Å². The van der Waals surface area contributed by atoms with Crippen LogP contribution < -0.4 is 72.7 Å². The van der Waals surface area contributed by atoms with E-state index in [4.69, 9.17) is 5.73 Å². The van der Waals surface area contributed by atoms with Crippen molar-refractivity contribution in [2.24, 2.45) is 10.7 Å². The summed E-state index contributed by atoms with van der Waals surface area (Å²) >= 11 is 4.45. The maximum atomic E-state index is 11.2. The van der Waals surface area contributed by atoms with Gasteiger partial charge in [-0.05, 0) is 68.3 Å². The third-order valence-electron chi connectivity index (χ3n) is 7.40. The number of piperazine rings is 1.